The van der Waals surface area contributed by atoms with E-state index in [2.05, 4.69) is 22.6 Å². The summed E-state index contributed by atoms with van der Waals surface area (Å²) in [6.07, 6.45) is 3.51. The first kappa shape index (κ1) is 14.3. The van der Waals surface area contributed by atoms with Crippen molar-refractivity contribution in [3.05, 3.63) is 11.9 Å². The largest absolute Gasteiger partial charge is 0.476 e. The summed E-state index contributed by atoms with van der Waals surface area (Å²) in [7, 11) is 0. The molecule has 1 saturated heterocycles. The average Bonchev–Trinajstić information content (AvgIpc) is 3.07. The lowest BCUT2D eigenvalue weighted by Gasteiger charge is -2.17. The molecule has 20 heavy (non-hydrogen) atoms. The van der Waals surface area contributed by atoms with Gasteiger partial charge in [0.15, 0.2) is 5.69 Å². The summed E-state index contributed by atoms with van der Waals surface area (Å²) < 4.78 is 1.41. The van der Waals surface area contributed by atoms with Crippen molar-refractivity contribution in [3.8, 4) is 0 Å². The van der Waals surface area contributed by atoms with E-state index in [0.717, 1.165) is 25.9 Å². The Kier molecular flexibility index (Phi) is 4.54. The first-order valence-corrected chi connectivity index (χ1v) is 6.76. The quantitative estimate of drug-likeness (QED) is 0.814. The van der Waals surface area contributed by atoms with Crippen molar-refractivity contribution in [2.24, 2.45) is 5.92 Å². The summed E-state index contributed by atoms with van der Waals surface area (Å²) in [4.78, 5) is 24.3. The van der Waals surface area contributed by atoms with Crippen LogP contribution < -0.4 is 5.32 Å². The molecule has 1 aromatic rings. The number of nitrogens with zero attached hydrogens (tertiary/aromatic N) is 4. The van der Waals surface area contributed by atoms with E-state index in [0.29, 0.717) is 19.0 Å². The third-order valence-corrected chi connectivity index (χ3v) is 3.53. The molecule has 2 N–H and O–H groups in total. The van der Waals surface area contributed by atoms with Crippen LogP contribution in [0.5, 0.6) is 0 Å². The lowest BCUT2D eigenvalue weighted by molar-refractivity contribution is 0.0690. The Bertz CT molecular complexity index is 487. The van der Waals surface area contributed by atoms with Gasteiger partial charge in [0, 0.05) is 19.6 Å². The summed E-state index contributed by atoms with van der Waals surface area (Å²) in [6, 6.07) is -0.0699. The van der Waals surface area contributed by atoms with Gasteiger partial charge in [-0.25, -0.2) is 14.3 Å². The Labute approximate surface area is 116 Å². The third-order valence-electron chi connectivity index (χ3n) is 3.53. The molecule has 0 saturated carbocycles. The van der Waals surface area contributed by atoms with Gasteiger partial charge in [-0.05, 0) is 12.3 Å². The van der Waals surface area contributed by atoms with Crippen molar-refractivity contribution < 1.29 is 14.7 Å². The normalized spacial score (nSPS) is 18.2. The first-order valence-electron chi connectivity index (χ1n) is 6.76. The van der Waals surface area contributed by atoms with E-state index in [-0.39, 0.29) is 11.7 Å². The lowest BCUT2D eigenvalue weighted by atomic mass is 10.1. The SMILES string of the molecule is CCC1CCN(C(=O)NCCn2cc(C(=O)O)nn2)C1. The number of rotatable bonds is 5. The molecular formula is C12H19N5O3. The van der Waals surface area contributed by atoms with E-state index in [1.54, 1.807) is 0 Å². The highest BCUT2D eigenvalue weighted by Crippen LogP contribution is 2.18. The van der Waals surface area contributed by atoms with Crippen LogP contribution in [0, 0.1) is 5.92 Å². The summed E-state index contributed by atoms with van der Waals surface area (Å²) in [5, 5.41) is 18.7. The van der Waals surface area contributed by atoms with E-state index >= 15 is 0 Å². The van der Waals surface area contributed by atoms with E-state index in [4.69, 9.17) is 5.11 Å². The molecule has 0 aliphatic carbocycles. The van der Waals surface area contributed by atoms with Gasteiger partial charge in [-0.2, -0.15) is 0 Å². The van der Waals surface area contributed by atoms with Crippen molar-refractivity contribution in [1.29, 1.82) is 0 Å². The van der Waals surface area contributed by atoms with Crippen LogP contribution in [-0.4, -0.2) is 56.6 Å². The molecule has 1 fully saturated rings. The zero-order valence-corrected chi connectivity index (χ0v) is 11.4. The molecule has 110 valence electrons. The highest BCUT2D eigenvalue weighted by atomic mass is 16.4. The maximum atomic E-state index is 11.9. The van der Waals surface area contributed by atoms with Crippen LogP contribution in [-0.2, 0) is 6.54 Å². The predicted molar refractivity (Wildman–Crippen MR) is 70.4 cm³/mol. The van der Waals surface area contributed by atoms with Crippen molar-refractivity contribution in [3.63, 3.8) is 0 Å². The van der Waals surface area contributed by atoms with E-state index in [1.165, 1.54) is 10.9 Å². The van der Waals surface area contributed by atoms with Gasteiger partial charge in [0.2, 0.25) is 0 Å². The summed E-state index contributed by atoms with van der Waals surface area (Å²) in [5.74, 6) is -0.503. The number of amides is 2. The Morgan fingerprint density at radius 3 is 2.95 bits per heavy atom. The molecule has 1 unspecified atom stereocenters. The maximum Gasteiger partial charge on any atom is 0.358 e. The lowest BCUT2D eigenvalue weighted by Crippen LogP contribution is -2.39. The second-order valence-corrected chi connectivity index (χ2v) is 4.91. The average molecular weight is 281 g/mol. The Morgan fingerprint density at radius 1 is 1.55 bits per heavy atom. The zero-order valence-electron chi connectivity index (χ0n) is 11.4. The summed E-state index contributed by atoms with van der Waals surface area (Å²) in [5.41, 5.74) is -0.0957. The van der Waals surface area contributed by atoms with Gasteiger partial charge in [-0.1, -0.05) is 18.6 Å². The molecule has 2 amide bonds. The van der Waals surface area contributed by atoms with Crippen LogP contribution in [0.25, 0.3) is 0 Å². The van der Waals surface area contributed by atoms with E-state index in [1.807, 2.05) is 4.90 Å². The number of hydrogen-bond acceptors (Lipinski definition) is 4. The summed E-state index contributed by atoms with van der Waals surface area (Å²) >= 11 is 0. The number of carboxylic acids is 1. The predicted octanol–water partition coefficient (Wildman–Crippen LogP) is 0.418. The molecule has 2 rings (SSSR count). The van der Waals surface area contributed by atoms with Gasteiger partial charge in [-0.3, -0.25) is 0 Å². The van der Waals surface area contributed by atoms with Crippen LogP contribution in [0.3, 0.4) is 0 Å². The van der Waals surface area contributed by atoms with Crippen molar-refractivity contribution in [2.75, 3.05) is 19.6 Å². The van der Waals surface area contributed by atoms with Gasteiger partial charge in [0.05, 0.1) is 12.7 Å². The van der Waals surface area contributed by atoms with Crippen molar-refractivity contribution >= 4 is 12.0 Å². The molecule has 0 spiro atoms. The number of carbonyl (C=O) groups excluding carboxylic acids is 1. The molecule has 0 aromatic carbocycles. The fourth-order valence-corrected chi connectivity index (χ4v) is 2.25. The molecule has 1 aliphatic rings. The van der Waals surface area contributed by atoms with Gasteiger partial charge in [0.1, 0.15) is 0 Å². The molecule has 8 nitrogen and oxygen atoms in total. The highest BCUT2D eigenvalue weighted by molar-refractivity contribution is 5.84. The van der Waals surface area contributed by atoms with E-state index in [9.17, 15) is 9.59 Å². The molecule has 2 heterocycles. The molecule has 0 bridgehead atoms. The number of carboxylic acid groups (broad SMARTS) is 1. The monoisotopic (exact) mass is 281 g/mol. The fraction of sp³-hybridized carbons (Fsp3) is 0.667. The van der Waals surface area contributed by atoms with E-state index < -0.39 is 5.97 Å². The van der Waals surface area contributed by atoms with Crippen molar-refractivity contribution in [1.82, 2.24) is 25.2 Å². The molecule has 0 radical (unpaired) electrons. The molecular weight excluding hydrogens is 262 g/mol. The van der Waals surface area contributed by atoms with Gasteiger partial charge >= 0.3 is 12.0 Å². The third kappa shape index (κ3) is 3.46. The summed E-state index contributed by atoms with van der Waals surface area (Å²) in [6.45, 7) is 4.55. The van der Waals surface area contributed by atoms with Crippen LogP contribution in [0.2, 0.25) is 0 Å². The molecule has 1 atom stereocenters. The molecule has 1 aromatic heterocycles. The smallest absolute Gasteiger partial charge is 0.358 e. The molecule has 1 aliphatic heterocycles. The number of aromatic carboxylic acids is 1. The number of aromatic nitrogens is 3. The molecule has 8 heteroatoms. The first-order chi connectivity index (χ1) is 9.60. The minimum Gasteiger partial charge on any atom is -0.476 e. The van der Waals surface area contributed by atoms with Crippen LogP contribution in [0.1, 0.15) is 30.3 Å². The van der Waals surface area contributed by atoms with Crippen LogP contribution in [0.4, 0.5) is 4.79 Å². The number of likely N-dealkylation sites (tertiary alicyclic amines) is 1. The number of carbonyl (C=O) groups is 2. The maximum absolute atomic E-state index is 11.9. The van der Waals surface area contributed by atoms with Crippen LogP contribution in [0.15, 0.2) is 6.20 Å². The van der Waals surface area contributed by atoms with Gasteiger partial charge < -0.3 is 15.3 Å². The van der Waals surface area contributed by atoms with Gasteiger partial charge in [0.25, 0.3) is 0 Å². The fourth-order valence-electron chi connectivity index (χ4n) is 2.25. The highest BCUT2D eigenvalue weighted by Gasteiger charge is 2.24. The Hall–Kier alpha value is -2.12. The zero-order chi connectivity index (χ0) is 14.5. The van der Waals surface area contributed by atoms with Gasteiger partial charge in [-0.15, -0.1) is 5.10 Å². The minimum atomic E-state index is -1.11. The number of urea groups is 1. The minimum absolute atomic E-state index is 0.0699. The van der Waals surface area contributed by atoms with Crippen molar-refractivity contribution in [2.45, 2.75) is 26.3 Å². The Balaban J connectivity index is 1.72. The van der Waals surface area contributed by atoms with Crippen LogP contribution >= 0.6 is 0 Å². The number of hydrogen-bond donors (Lipinski definition) is 2. The number of nitrogens with one attached hydrogen (secondary N) is 1. The second-order valence-electron chi connectivity index (χ2n) is 4.91. The topological polar surface area (TPSA) is 100 Å². The Morgan fingerprint density at radius 2 is 2.35 bits per heavy atom. The second kappa shape index (κ2) is 6.36. The standard InChI is InChI=1S/C12H19N5O3/c1-2-9-3-5-16(7-9)12(20)13-4-6-17-8-10(11(18)19)14-15-17/h8-9H,2-7H2,1H3,(H,13,20)(H,18,19).